The molecule has 0 aliphatic heterocycles. The highest BCUT2D eigenvalue weighted by atomic mass is 32.2. The minimum absolute atomic E-state index is 0.0945. The van der Waals surface area contributed by atoms with Crippen molar-refractivity contribution >= 4 is 23.4 Å². The standard InChI is InChI=1S/C17H17F2NOS/c1-2-15(12-6-4-3-5-7-12)16(21)20-13-8-10-14(11-9-13)22-17(18)19/h3-11,15,17H,2H2,1H3,(H,20,21)/t15-/m1/s1. The summed E-state index contributed by atoms with van der Waals surface area (Å²) >= 11 is 0.488. The van der Waals surface area contributed by atoms with Gasteiger partial charge in [-0.1, -0.05) is 49.0 Å². The number of carbonyl (C=O) groups excluding carboxylic acids is 1. The lowest BCUT2D eigenvalue weighted by molar-refractivity contribution is -0.117. The fourth-order valence-electron chi connectivity index (χ4n) is 2.21. The maximum atomic E-state index is 12.4. The minimum atomic E-state index is -2.44. The molecule has 116 valence electrons. The normalized spacial score (nSPS) is 12.2. The van der Waals surface area contributed by atoms with E-state index in [1.165, 1.54) is 0 Å². The van der Waals surface area contributed by atoms with E-state index in [0.717, 1.165) is 5.56 Å². The molecule has 0 bridgehead atoms. The lowest BCUT2D eigenvalue weighted by Gasteiger charge is -2.15. The molecule has 1 atom stereocenters. The van der Waals surface area contributed by atoms with Gasteiger partial charge in [-0.25, -0.2) is 0 Å². The zero-order chi connectivity index (χ0) is 15.9. The van der Waals surface area contributed by atoms with Crippen LogP contribution in [0.3, 0.4) is 0 Å². The van der Waals surface area contributed by atoms with E-state index in [9.17, 15) is 13.6 Å². The van der Waals surface area contributed by atoms with Gasteiger partial charge in [0.1, 0.15) is 0 Å². The molecule has 0 heterocycles. The molecule has 22 heavy (non-hydrogen) atoms. The van der Waals surface area contributed by atoms with Crippen molar-refractivity contribution < 1.29 is 13.6 Å². The summed E-state index contributed by atoms with van der Waals surface area (Å²) in [6.45, 7) is 1.96. The highest BCUT2D eigenvalue weighted by molar-refractivity contribution is 7.99. The van der Waals surface area contributed by atoms with Crippen LogP contribution < -0.4 is 5.32 Å². The summed E-state index contributed by atoms with van der Waals surface area (Å²) in [5, 5.41) is 2.84. The molecule has 0 unspecified atom stereocenters. The van der Waals surface area contributed by atoms with Gasteiger partial charge >= 0.3 is 0 Å². The van der Waals surface area contributed by atoms with Crippen molar-refractivity contribution in [3.63, 3.8) is 0 Å². The predicted molar refractivity (Wildman–Crippen MR) is 86.4 cm³/mol. The Hall–Kier alpha value is -1.88. The van der Waals surface area contributed by atoms with Crippen LogP contribution in [0.2, 0.25) is 0 Å². The van der Waals surface area contributed by atoms with Crippen molar-refractivity contribution in [2.75, 3.05) is 5.32 Å². The second kappa shape index (κ2) is 7.94. The molecule has 2 nitrogen and oxygen atoms in total. The number of hydrogen-bond acceptors (Lipinski definition) is 2. The molecule has 2 rings (SSSR count). The Morgan fingerprint density at radius 3 is 2.27 bits per heavy atom. The number of thioether (sulfide) groups is 1. The quantitative estimate of drug-likeness (QED) is 0.747. The molecule has 1 amide bonds. The highest BCUT2D eigenvalue weighted by Crippen LogP contribution is 2.27. The SMILES string of the molecule is CC[C@@H](C(=O)Nc1ccc(SC(F)F)cc1)c1ccccc1. The van der Waals surface area contributed by atoms with E-state index in [0.29, 0.717) is 28.8 Å². The lowest BCUT2D eigenvalue weighted by atomic mass is 9.95. The molecule has 0 aromatic heterocycles. The summed E-state index contributed by atoms with van der Waals surface area (Å²) < 4.78 is 24.5. The minimum Gasteiger partial charge on any atom is -0.326 e. The Balaban J connectivity index is 2.04. The smallest absolute Gasteiger partial charge is 0.288 e. The maximum absolute atomic E-state index is 12.4. The summed E-state index contributed by atoms with van der Waals surface area (Å²) in [4.78, 5) is 12.8. The average Bonchev–Trinajstić information content (AvgIpc) is 2.50. The van der Waals surface area contributed by atoms with E-state index < -0.39 is 5.76 Å². The average molecular weight is 321 g/mol. The van der Waals surface area contributed by atoms with E-state index in [4.69, 9.17) is 0 Å². The van der Waals surface area contributed by atoms with Crippen LogP contribution in [0.4, 0.5) is 14.5 Å². The molecule has 0 saturated carbocycles. The second-order valence-corrected chi connectivity index (χ2v) is 5.83. The van der Waals surface area contributed by atoms with Crippen molar-refractivity contribution in [2.24, 2.45) is 0 Å². The fraction of sp³-hybridized carbons (Fsp3) is 0.235. The summed E-state index contributed by atoms with van der Waals surface area (Å²) in [7, 11) is 0. The summed E-state index contributed by atoms with van der Waals surface area (Å²) in [5.41, 5.74) is 1.57. The highest BCUT2D eigenvalue weighted by Gasteiger charge is 2.18. The third-order valence-corrected chi connectivity index (χ3v) is 4.00. The van der Waals surface area contributed by atoms with Crippen molar-refractivity contribution in [1.29, 1.82) is 0 Å². The van der Waals surface area contributed by atoms with Crippen LogP contribution in [0.5, 0.6) is 0 Å². The summed E-state index contributed by atoms with van der Waals surface area (Å²) in [6.07, 6.45) is 0.690. The zero-order valence-electron chi connectivity index (χ0n) is 12.1. The molecule has 0 fully saturated rings. The van der Waals surface area contributed by atoms with E-state index >= 15 is 0 Å². The number of benzene rings is 2. The number of halogens is 2. The van der Waals surface area contributed by atoms with Crippen molar-refractivity contribution in [3.8, 4) is 0 Å². The number of anilines is 1. The zero-order valence-corrected chi connectivity index (χ0v) is 12.9. The first-order valence-corrected chi connectivity index (χ1v) is 7.88. The molecule has 2 aromatic rings. The van der Waals surface area contributed by atoms with Gasteiger partial charge in [0.15, 0.2) is 0 Å². The van der Waals surface area contributed by atoms with Crippen LogP contribution >= 0.6 is 11.8 Å². The Bertz CT molecular complexity index is 602. The van der Waals surface area contributed by atoms with Crippen LogP contribution in [-0.4, -0.2) is 11.7 Å². The number of hydrogen-bond donors (Lipinski definition) is 1. The number of carbonyl (C=O) groups is 1. The monoisotopic (exact) mass is 321 g/mol. The molecule has 0 aliphatic carbocycles. The van der Waals surface area contributed by atoms with Gasteiger partial charge in [-0.2, -0.15) is 8.78 Å². The topological polar surface area (TPSA) is 29.1 Å². The van der Waals surface area contributed by atoms with Gasteiger partial charge in [0.05, 0.1) is 5.92 Å². The van der Waals surface area contributed by atoms with Gasteiger partial charge in [-0.05, 0) is 36.2 Å². The van der Waals surface area contributed by atoms with Gasteiger partial charge < -0.3 is 5.32 Å². The van der Waals surface area contributed by atoms with Crippen LogP contribution in [-0.2, 0) is 4.79 Å². The third-order valence-electron chi connectivity index (χ3n) is 3.27. The Morgan fingerprint density at radius 1 is 1.09 bits per heavy atom. The number of amides is 1. The van der Waals surface area contributed by atoms with Gasteiger partial charge in [-0.15, -0.1) is 0 Å². The predicted octanol–water partition coefficient (Wildman–Crippen LogP) is 5.13. The first-order valence-electron chi connectivity index (χ1n) is 7.01. The van der Waals surface area contributed by atoms with Crippen LogP contribution in [0.15, 0.2) is 59.5 Å². The first-order chi connectivity index (χ1) is 10.6. The number of alkyl halides is 2. The Morgan fingerprint density at radius 2 is 1.73 bits per heavy atom. The Labute approximate surface area is 132 Å². The molecular formula is C17H17F2NOS. The molecule has 0 spiro atoms. The van der Waals surface area contributed by atoms with E-state index in [-0.39, 0.29) is 11.8 Å². The van der Waals surface area contributed by atoms with Crippen LogP contribution in [0.25, 0.3) is 0 Å². The van der Waals surface area contributed by atoms with Crippen LogP contribution in [0.1, 0.15) is 24.8 Å². The Kier molecular flexibility index (Phi) is 5.95. The molecular weight excluding hydrogens is 304 g/mol. The third kappa shape index (κ3) is 4.56. The van der Waals surface area contributed by atoms with Gasteiger partial charge in [0.25, 0.3) is 5.76 Å². The maximum Gasteiger partial charge on any atom is 0.288 e. The molecule has 0 saturated heterocycles. The molecule has 5 heteroatoms. The molecule has 0 radical (unpaired) electrons. The fourth-order valence-corrected chi connectivity index (χ4v) is 2.71. The van der Waals surface area contributed by atoms with Crippen molar-refractivity contribution in [3.05, 3.63) is 60.2 Å². The molecule has 0 aliphatic rings. The van der Waals surface area contributed by atoms with E-state index in [1.54, 1.807) is 24.3 Å². The van der Waals surface area contributed by atoms with Crippen molar-refractivity contribution in [2.45, 2.75) is 29.9 Å². The summed E-state index contributed by atoms with van der Waals surface area (Å²) in [6, 6.07) is 16.0. The summed E-state index contributed by atoms with van der Waals surface area (Å²) in [5.74, 6) is -2.76. The number of nitrogens with one attached hydrogen (secondary N) is 1. The van der Waals surface area contributed by atoms with Gasteiger partial charge in [0.2, 0.25) is 5.91 Å². The van der Waals surface area contributed by atoms with E-state index in [1.807, 2.05) is 37.3 Å². The van der Waals surface area contributed by atoms with Gasteiger partial charge in [0, 0.05) is 10.6 Å². The molecule has 2 aromatic carbocycles. The van der Waals surface area contributed by atoms with Crippen LogP contribution in [0, 0.1) is 0 Å². The largest absolute Gasteiger partial charge is 0.326 e. The first kappa shape index (κ1) is 16.5. The molecule has 1 N–H and O–H groups in total. The van der Waals surface area contributed by atoms with E-state index in [2.05, 4.69) is 5.32 Å². The van der Waals surface area contributed by atoms with Gasteiger partial charge in [-0.3, -0.25) is 4.79 Å². The number of rotatable bonds is 6. The van der Waals surface area contributed by atoms with Crippen molar-refractivity contribution in [1.82, 2.24) is 0 Å². The second-order valence-electron chi connectivity index (χ2n) is 4.76. The lowest BCUT2D eigenvalue weighted by Crippen LogP contribution is -2.20.